The highest BCUT2D eigenvalue weighted by molar-refractivity contribution is 9.10. The standard InChI is InChI=1S/C15H13BrO3/c1-18-11-5-3-10(4-6-11)15(17)13-9-12(19-2)7-8-14(13)16/h3-9H,1-2H3. The van der Waals surface area contributed by atoms with E-state index < -0.39 is 0 Å². The van der Waals surface area contributed by atoms with Crippen molar-refractivity contribution in [2.24, 2.45) is 0 Å². The first-order valence-corrected chi connectivity index (χ1v) is 6.47. The maximum absolute atomic E-state index is 12.4. The monoisotopic (exact) mass is 320 g/mol. The van der Waals surface area contributed by atoms with E-state index in [4.69, 9.17) is 9.47 Å². The molecule has 0 aliphatic carbocycles. The van der Waals surface area contributed by atoms with Crippen LogP contribution in [-0.2, 0) is 0 Å². The Morgan fingerprint density at radius 1 is 0.947 bits per heavy atom. The van der Waals surface area contributed by atoms with E-state index >= 15 is 0 Å². The quantitative estimate of drug-likeness (QED) is 0.806. The van der Waals surface area contributed by atoms with Crippen molar-refractivity contribution in [1.29, 1.82) is 0 Å². The van der Waals surface area contributed by atoms with Gasteiger partial charge in [-0.2, -0.15) is 0 Å². The van der Waals surface area contributed by atoms with Crippen LogP contribution in [0.2, 0.25) is 0 Å². The van der Waals surface area contributed by atoms with Gasteiger partial charge in [-0.1, -0.05) is 15.9 Å². The highest BCUT2D eigenvalue weighted by Crippen LogP contribution is 2.25. The summed E-state index contributed by atoms with van der Waals surface area (Å²) in [6, 6.07) is 12.3. The number of methoxy groups -OCH3 is 2. The lowest BCUT2D eigenvalue weighted by Gasteiger charge is -2.07. The molecule has 0 saturated heterocycles. The van der Waals surface area contributed by atoms with Crippen molar-refractivity contribution in [3.63, 3.8) is 0 Å². The fourth-order valence-electron chi connectivity index (χ4n) is 1.70. The average Bonchev–Trinajstić information content (AvgIpc) is 2.47. The largest absolute Gasteiger partial charge is 0.497 e. The zero-order valence-electron chi connectivity index (χ0n) is 10.6. The molecular weight excluding hydrogens is 308 g/mol. The highest BCUT2D eigenvalue weighted by Gasteiger charge is 2.13. The Kier molecular flexibility index (Phi) is 4.22. The Labute approximate surface area is 120 Å². The molecule has 0 aromatic heterocycles. The minimum atomic E-state index is -0.0616. The van der Waals surface area contributed by atoms with E-state index in [-0.39, 0.29) is 5.78 Å². The van der Waals surface area contributed by atoms with E-state index in [0.29, 0.717) is 16.9 Å². The number of benzene rings is 2. The molecule has 2 aromatic carbocycles. The summed E-state index contributed by atoms with van der Waals surface area (Å²) < 4.78 is 11.0. The van der Waals surface area contributed by atoms with Gasteiger partial charge in [-0.3, -0.25) is 4.79 Å². The van der Waals surface area contributed by atoms with E-state index in [2.05, 4.69) is 15.9 Å². The van der Waals surface area contributed by atoms with Gasteiger partial charge in [0.1, 0.15) is 11.5 Å². The average molecular weight is 321 g/mol. The predicted molar refractivity (Wildman–Crippen MR) is 77.1 cm³/mol. The number of rotatable bonds is 4. The first-order valence-electron chi connectivity index (χ1n) is 5.68. The van der Waals surface area contributed by atoms with Crippen LogP contribution in [0.15, 0.2) is 46.9 Å². The summed E-state index contributed by atoms with van der Waals surface area (Å²) in [6.07, 6.45) is 0. The molecule has 4 heteroatoms. The molecule has 19 heavy (non-hydrogen) atoms. The van der Waals surface area contributed by atoms with E-state index in [1.54, 1.807) is 56.7 Å². The zero-order valence-corrected chi connectivity index (χ0v) is 12.2. The van der Waals surface area contributed by atoms with Crippen molar-refractivity contribution >= 4 is 21.7 Å². The second-order valence-corrected chi connectivity index (χ2v) is 4.76. The second-order valence-electron chi connectivity index (χ2n) is 3.90. The third-order valence-corrected chi connectivity index (χ3v) is 3.46. The number of halogens is 1. The van der Waals surface area contributed by atoms with Crippen LogP contribution < -0.4 is 9.47 Å². The number of carbonyl (C=O) groups is 1. The summed E-state index contributed by atoms with van der Waals surface area (Å²) in [5, 5.41) is 0. The summed E-state index contributed by atoms with van der Waals surface area (Å²) in [5.74, 6) is 1.31. The van der Waals surface area contributed by atoms with Crippen LogP contribution in [0.5, 0.6) is 11.5 Å². The summed E-state index contributed by atoms with van der Waals surface area (Å²) in [7, 11) is 3.17. The van der Waals surface area contributed by atoms with E-state index in [1.165, 1.54) is 0 Å². The van der Waals surface area contributed by atoms with Gasteiger partial charge in [0.15, 0.2) is 5.78 Å². The molecule has 0 atom stereocenters. The minimum absolute atomic E-state index is 0.0616. The SMILES string of the molecule is COc1ccc(C(=O)c2cc(OC)ccc2Br)cc1. The lowest BCUT2D eigenvalue weighted by molar-refractivity contribution is 0.103. The maximum Gasteiger partial charge on any atom is 0.194 e. The molecular formula is C15H13BrO3. The van der Waals surface area contributed by atoms with Crippen LogP contribution >= 0.6 is 15.9 Å². The molecule has 0 fully saturated rings. The third-order valence-electron chi connectivity index (χ3n) is 2.77. The van der Waals surface area contributed by atoms with Gasteiger partial charge in [0.2, 0.25) is 0 Å². The Morgan fingerprint density at radius 2 is 1.53 bits per heavy atom. The summed E-state index contributed by atoms with van der Waals surface area (Å²) in [6.45, 7) is 0. The van der Waals surface area contributed by atoms with E-state index in [1.807, 2.05) is 0 Å². The molecule has 0 radical (unpaired) electrons. The second kappa shape index (κ2) is 5.89. The topological polar surface area (TPSA) is 35.5 Å². The van der Waals surface area contributed by atoms with Gasteiger partial charge < -0.3 is 9.47 Å². The Morgan fingerprint density at radius 3 is 2.11 bits per heavy atom. The van der Waals surface area contributed by atoms with Crippen LogP contribution in [0.25, 0.3) is 0 Å². The fourth-order valence-corrected chi connectivity index (χ4v) is 2.13. The number of carbonyl (C=O) groups excluding carboxylic acids is 1. The summed E-state index contributed by atoms with van der Waals surface area (Å²) in [4.78, 5) is 12.4. The smallest absolute Gasteiger partial charge is 0.194 e. The van der Waals surface area contributed by atoms with Gasteiger partial charge in [0, 0.05) is 15.6 Å². The molecule has 0 saturated carbocycles. The van der Waals surface area contributed by atoms with Gasteiger partial charge in [-0.25, -0.2) is 0 Å². The molecule has 0 aliphatic heterocycles. The van der Waals surface area contributed by atoms with E-state index in [9.17, 15) is 4.79 Å². The molecule has 0 spiro atoms. The van der Waals surface area contributed by atoms with Gasteiger partial charge in [0.05, 0.1) is 14.2 Å². The molecule has 0 heterocycles. The molecule has 0 unspecified atom stereocenters. The van der Waals surface area contributed by atoms with Gasteiger partial charge >= 0.3 is 0 Å². The highest BCUT2D eigenvalue weighted by atomic mass is 79.9. The van der Waals surface area contributed by atoms with E-state index in [0.717, 1.165) is 10.2 Å². The molecule has 0 amide bonds. The van der Waals surface area contributed by atoms with Crippen LogP contribution in [-0.4, -0.2) is 20.0 Å². The van der Waals surface area contributed by atoms with Crippen LogP contribution in [0.4, 0.5) is 0 Å². The fraction of sp³-hybridized carbons (Fsp3) is 0.133. The molecule has 3 nitrogen and oxygen atoms in total. The Hall–Kier alpha value is -1.81. The van der Waals surface area contributed by atoms with Crippen molar-refractivity contribution in [1.82, 2.24) is 0 Å². The lowest BCUT2D eigenvalue weighted by atomic mass is 10.0. The predicted octanol–water partition coefficient (Wildman–Crippen LogP) is 3.70. The van der Waals surface area contributed by atoms with Crippen LogP contribution in [0.1, 0.15) is 15.9 Å². The van der Waals surface area contributed by atoms with Crippen LogP contribution in [0.3, 0.4) is 0 Å². The minimum Gasteiger partial charge on any atom is -0.497 e. The Bertz CT molecular complexity index is 591. The first-order chi connectivity index (χ1) is 9.15. The van der Waals surface area contributed by atoms with Crippen molar-refractivity contribution in [3.05, 3.63) is 58.1 Å². The summed E-state index contributed by atoms with van der Waals surface area (Å²) in [5.41, 5.74) is 1.18. The van der Waals surface area contributed by atoms with Crippen LogP contribution in [0, 0.1) is 0 Å². The molecule has 0 aliphatic rings. The number of ketones is 1. The normalized spacial score (nSPS) is 10.1. The first kappa shape index (κ1) is 13.6. The van der Waals surface area contributed by atoms with Crippen molar-refractivity contribution in [2.75, 3.05) is 14.2 Å². The van der Waals surface area contributed by atoms with Crippen molar-refractivity contribution < 1.29 is 14.3 Å². The molecule has 0 N–H and O–H groups in total. The number of hydrogen-bond donors (Lipinski definition) is 0. The lowest BCUT2D eigenvalue weighted by Crippen LogP contribution is -2.02. The zero-order chi connectivity index (χ0) is 13.8. The van der Waals surface area contributed by atoms with Gasteiger partial charge in [-0.15, -0.1) is 0 Å². The van der Waals surface area contributed by atoms with Crippen molar-refractivity contribution in [3.8, 4) is 11.5 Å². The number of hydrogen-bond acceptors (Lipinski definition) is 3. The van der Waals surface area contributed by atoms with Crippen molar-refractivity contribution in [2.45, 2.75) is 0 Å². The third kappa shape index (κ3) is 2.96. The molecule has 2 aromatic rings. The number of ether oxygens (including phenoxy) is 2. The van der Waals surface area contributed by atoms with Gasteiger partial charge in [-0.05, 0) is 42.5 Å². The summed E-state index contributed by atoms with van der Waals surface area (Å²) >= 11 is 3.38. The Balaban J connectivity index is 2.37. The molecule has 0 bridgehead atoms. The van der Waals surface area contributed by atoms with Gasteiger partial charge in [0.25, 0.3) is 0 Å². The maximum atomic E-state index is 12.4. The molecule has 2 rings (SSSR count). The molecule has 98 valence electrons.